The normalized spacial score (nSPS) is 10.9. The summed E-state index contributed by atoms with van der Waals surface area (Å²) < 4.78 is 17.2. The monoisotopic (exact) mass is 428 g/mol. The van der Waals surface area contributed by atoms with Gasteiger partial charge in [-0.15, -0.1) is 0 Å². The summed E-state index contributed by atoms with van der Waals surface area (Å²) in [6.07, 6.45) is 1.57. The number of halogens is 1. The zero-order valence-corrected chi connectivity index (χ0v) is 17.3. The summed E-state index contributed by atoms with van der Waals surface area (Å²) in [4.78, 5) is 19.7. The second-order valence-electron chi connectivity index (χ2n) is 6.12. The van der Waals surface area contributed by atoms with Gasteiger partial charge in [-0.2, -0.15) is 0 Å². The smallest absolute Gasteiger partial charge is 0.264 e. The number of hydrogen-bond acceptors (Lipinski definition) is 6. The SMILES string of the molecule is COc1cccc(C(=O)N(Cc2ccco2)c2nc3ccc(Cl)cc3s2)c1OC. The van der Waals surface area contributed by atoms with Gasteiger partial charge in [-0.25, -0.2) is 4.98 Å². The van der Waals surface area contributed by atoms with E-state index < -0.39 is 0 Å². The number of carbonyl (C=O) groups excluding carboxylic acids is 1. The fourth-order valence-electron chi connectivity index (χ4n) is 2.99. The fourth-order valence-corrected chi connectivity index (χ4v) is 4.23. The molecule has 0 aliphatic heterocycles. The molecule has 148 valence electrons. The molecule has 0 spiro atoms. The molecule has 2 aromatic carbocycles. The first-order chi connectivity index (χ1) is 14.1. The number of hydrogen-bond donors (Lipinski definition) is 0. The Morgan fingerprint density at radius 2 is 2.03 bits per heavy atom. The summed E-state index contributed by atoms with van der Waals surface area (Å²) in [6.45, 7) is 0.222. The highest BCUT2D eigenvalue weighted by Gasteiger charge is 2.26. The van der Waals surface area contributed by atoms with Crippen molar-refractivity contribution in [3.63, 3.8) is 0 Å². The number of methoxy groups -OCH3 is 2. The highest BCUT2D eigenvalue weighted by molar-refractivity contribution is 7.22. The summed E-state index contributed by atoms with van der Waals surface area (Å²) in [5.41, 5.74) is 1.14. The Bertz CT molecular complexity index is 1160. The van der Waals surface area contributed by atoms with Crippen LogP contribution in [0.4, 0.5) is 5.13 Å². The van der Waals surface area contributed by atoms with Crippen molar-refractivity contribution in [3.8, 4) is 11.5 Å². The van der Waals surface area contributed by atoms with Gasteiger partial charge in [0.2, 0.25) is 0 Å². The van der Waals surface area contributed by atoms with Crippen LogP contribution in [0.1, 0.15) is 16.1 Å². The van der Waals surface area contributed by atoms with Crippen LogP contribution in [0, 0.1) is 0 Å². The van der Waals surface area contributed by atoms with Gasteiger partial charge in [0.15, 0.2) is 16.6 Å². The Balaban J connectivity index is 1.81. The third-order valence-electron chi connectivity index (χ3n) is 4.34. The number of furan rings is 1. The van der Waals surface area contributed by atoms with E-state index in [2.05, 4.69) is 4.98 Å². The molecule has 0 saturated heterocycles. The molecular weight excluding hydrogens is 412 g/mol. The molecule has 29 heavy (non-hydrogen) atoms. The molecule has 0 aliphatic rings. The minimum Gasteiger partial charge on any atom is -0.493 e. The molecule has 2 heterocycles. The van der Waals surface area contributed by atoms with Crippen molar-refractivity contribution in [2.24, 2.45) is 0 Å². The highest BCUT2D eigenvalue weighted by atomic mass is 35.5. The van der Waals surface area contributed by atoms with Crippen LogP contribution in [-0.4, -0.2) is 25.1 Å². The average molecular weight is 429 g/mol. The first-order valence-corrected chi connectivity index (χ1v) is 9.91. The van der Waals surface area contributed by atoms with E-state index in [9.17, 15) is 4.79 Å². The van der Waals surface area contributed by atoms with Crippen molar-refractivity contribution in [2.45, 2.75) is 6.54 Å². The number of carbonyl (C=O) groups is 1. The topological polar surface area (TPSA) is 64.8 Å². The van der Waals surface area contributed by atoms with E-state index in [0.717, 1.165) is 10.2 Å². The Kier molecular flexibility index (Phi) is 5.42. The van der Waals surface area contributed by atoms with Gasteiger partial charge in [0.1, 0.15) is 5.76 Å². The van der Waals surface area contributed by atoms with Crippen molar-refractivity contribution in [2.75, 3.05) is 19.1 Å². The number of fused-ring (bicyclic) bond motifs is 1. The first kappa shape index (κ1) is 19.3. The molecule has 0 N–H and O–H groups in total. The lowest BCUT2D eigenvalue weighted by Crippen LogP contribution is -2.30. The van der Waals surface area contributed by atoms with E-state index in [0.29, 0.717) is 33.0 Å². The van der Waals surface area contributed by atoms with Crippen molar-refractivity contribution in [3.05, 3.63) is 71.1 Å². The molecule has 0 unspecified atom stereocenters. The van der Waals surface area contributed by atoms with Crippen molar-refractivity contribution in [1.82, 2.24) is 4.98 Å². The number of ether oxygens (including phenoxy) is 2. The van der Waals surface area contributed by atoms with Crippen LogP contribution in [0.3, 0.4) is 0 Å². The standard InChI is InChI=1S/C21H17ClN2O4S/c1-26-17-7-3-6-15(19(17)27-2)20(25)24(12-14-5-4-10-28-14)21-23-16-9-8-13(22)11-18(16)29-21/h3-11H,12H2,1-2H3. The van der Waals surface area contributed by atoms with Gasteiger partial charge in [0.25, 0.3) is 5.91 Å². The highest BCUT2D eigenvalue weighted by Crippen LogP contribution is 2.36. The summed E-state index contributed by atoms with van der Waals surface area (Å²) in [7, 11) is 3.04. The summed E-state index contributed by atoms with van der Waals surface area (Å²) in [5.74, 6) is 1.21. The van der Waals surface area contributed by atoms with E-state index in [1.54, 1.807) is 41.5 Å². The molecule has 0 aliphatic carbocycles. The van der Waals surface area contributed by atoms with Crippen LogP contribution in [0.25, 0.3) is 10.2 Å². The zero-order chi connectivity index (χ0) is 20.4. The number of para-hydroxylation sites is 1. The number of aromatic nitrogens is 1. The molecule has 6 nitrogen and oxygen atoms in total. The van der Waals surface area contributed by atoms with Crippen LogP contribution >= 0.6 is 22.9 Å². The van der Waals surface area contributed by atoms with Crippen LogP contribution in [0.5, 0.6) is 11.5 Å². The summed E-state index contributed by atoms with van der Waals surface area (Å²) in [5, 5.41) is 1.15. The minimum atomic E-state index is -0.276. The number of benzene rings is 2. The van der Waals surface area contributed by atoms with Crippen molar-refractivity contribution < 1.29 is 18.7 Å². The van der Waals surface area contributed by atoms with Gasteiger partial charge in [-0.05, 0) is 42.5 Å². The molecule has 0 atom stereocenters. The van der Waals surface area contributed by atoms with Gasteiger partial charge >= 0.3 is 0 Å². The van der Waals surface area contributed by atoms with E-state index >= 15 is 0 Å². The van der Waals surface area contributed by atoms with Crippen LogP contribution in [-0.2, 0) is 6.54 Å². The lowest BCUT2D eigenvalue weighted by atomic mass is 10.1. The van der Waals surface area contributed by atoms with Gasteiger partial charge in [-0.1, -0.05) is 29.0 Å². The van der Waals surface area contributed by atoms with Crippen LogP contribution in [0.2, 0.25) is 5.02 Å². The number of nitrogens with zero attached hydrogens (tertiary/aromatic N) is 2. The number of thiazole rings is 1. The molecule has 2 aromatic heterocycles. The third-order valence-corrected chi connectivity index (χ3v) is 5.62. The predicted molar refractivity (Wildman–Crippen MR) is 113 cm³/mol. The second kappa shape index (κ2) is 8.14. The second-order valence-corrected chi connectivity index (χ2v) is 7.57. The summed E-state index contributed by atoms with van der Waals surface area (Å²) in [6, 6.07) is 14.2. The predicted octanol–water partition coefficient (Wildman–Crippen LogP) is 5.41. The number of anilines is 1. The van der Waals surface area contributed by atoms with Gasteiger partial charge in [-0.3, -0.25) is 9.69 Å². The Hall–Kier alpha value is -3.03. The maximum Gasteiger partial charge on any atom is 0.264 e. The maximum atomic E-state index is 13.6. The van der Waals surface area contributed by atoms with Crippen molar-refractivity contribution >= 4 is 44.2 Å². The van der Waals surface area contributed by atoms with Gasteiger partial charge in [0, 0.05) is 5.02 Å². The average Bonchev–Trinajstić information content (AvgIpc) is 3.39. The largest absolute Gasteiger partial charge is 0.493 e. The molecular formula is C21H17ClN2O4S. The molecule has 0 radical (unpaired) electrons. The van der Waals surface area contributed by atoms with E-state index in [-0.39, 0.29) is 12.5 Å². The number of amides is 1. The molecule has 0 saturated carbocycles. The molecule has 4 rings (SSSR count). The van der Waals surface area contributed by atoms with Gasteiger partial charge in [0.05, 0.1) is 42.8 Å². The van der Waals surface area contributed by atoms with E-state index in [1.165, 1.54) is 25.6 Å². The first-order valence-electron chi connectivity index (χ1n) is 8.72. The number of rotatable bonds is 6. The minimum absolute atomic E-state index is 0.222. The molecule has 4 aromatic rings. The molecule has 1 amide bonds. The third kappa shape index (κ3) is 3.79. The fraction of sp³-hybridized carbons (Fsp3) is 0.143. The van der Waals surface area contributed by atoms with Crippen LogP contribution in [0.15, 0.2) is 59.2 Å². The van der Waals surface area contributed by atoms with E-state index in [4.69, 9.17) is 25.5 Å². The van der Waals surface area contributed by atoms with Crippen molar-refractivity contribution in [1.29, 1.82) is 0 Å². The van der Waals surface area contributed by atoms with E-state index in [1.807, 2.05) is 18.2 Å². The quantitative estimate of drug-likeness (QED) is 0.411. The zero-order valence-electron chi connectivity index (χ0n) is 15.7. The maximum absolute atomic E-state index is 13.6. The molecule has 8 heteroatoms. The Morgan fingerprint density at radius 1 is 1.17 bits per heavy atom. The Morgan fingerprint density at radius 3 is 2.76 bits per heavy atom. The summed E-state index contributed by atoms with van der Waals surface area (Å²) >= 11 is 7.49. The van der Waals surface area contributed by atoms with Crippen LogP contribution < -0.4 is 14.4 Å². The molecule has 0 bridgehead atoms. The van der Waals surface area contributed by atoms with Gasteiger partial charge < -0.3 is 13.9 Å². The lowest BCUT2D eigenvalue weighted by molar-refractivity contribution is 0.0979. The Labute approximate surface area is 176 Å². The molecule has 0 fully saturated rings. The lowest BCUT2D eigenvalue weighted by Gasteiger charge is -2.20.